The molecule has 0 aliphatic rings. The van der Waals surface area contributed by atoms with Gasteiger partial charge in [0.25, 0.3) is 5.56 Å². The van der Waals surface area contributed by atoms with E-state index in [0.717, 1.165) is 11.3 Å². The lowest BCUT2D eigenvalue weighted by molar-refractivity contribution is 0.727. The van der Waals surface area contributed by atoms with E-state index in [0.29, 0.717) is 12.1 Å². The lowest BCUT2D eigenvalue weighted by Gasteiger charge is -2.12. The highest BCUT2D eigenvalue weighted by atomic mass is 16.1. The number of benzene rings is 1. The van der Waals surface area contributed by atoms with Gasteiger partial charge in [-0.2, -0.15) is 5.26 Å². The predicted octanol–water partition coefficient (Wildman–Crippen LogP) is 2.60. The first-order valence-electron chi connectivity index (χ1n) is 5.93. The number of pyridine rings is 1. The first-order valence-corrected chi connectivity index (χ1v) is 5.93. The third-order valence-electron chi connectivity index (χ3n) is 2.91. The lowest BCUT2D eigenvalue weighted by atomic mass is 10.1. The fourth-order valence-corrected chi connectivity index (χ4v) is 2.02. The van der Waals surface area contributed by atoms with Crippen LogP contribution in [0.3, 0.4) is 0 Å². The molecular weight excluding hydrogens is 224 g/mol. The highest BCUT2D eigenvalue weighted by Gasteiger charge is 2.08. The van der Waals surface area contributed by atoms with Gasteiger partial charge in [0.15, 0.2) is 0 Å². The van der Waals surface area contributed by atoms with Crippen molar-refractivity contribution < 1.29 is 0 Å². The highest BCUT2D eigenvalue weighted by molar-refractivity contribution is 5.59. The number of hydrogen-bond donors (Lipinski definition) is 0. The molecule has 3 nitrogen and oxygen atoms in total. The summed E-state index contributed by atoms with van der Waals surface area (Å²) < 4.78 is 1.71. The molecular formula is C15H14N2O. The molecule has 1 heterocycles. The summed E-state index contributed by atoms with van der Waals surface area (Å²) >= 11 is 0. The highest BCUT2D eigenvalue weighted by Crippen LogP contribution is 2.17. The molecule has 0 saturated carbocycles. The number of rotatable bonds is 3. The molecule has 0 aliphatic heterocycles. The Morgan fingerprint density at radius 2 is 1.89 bits per heavy atom. The molecule has 1 aromatic heterocycles. The van der Waals surface area contributed by atoms with Gasteiger partial charge >= 0.3 is 0 Å². The van der Waals surface area contributed by atoms with Gasteiger partial charge in [-0.3, -0.25) is 4.79 Å². The van der Waals surface area contributed by atoms with Crippen LogP contribution in [-0.2, 0) is 13.0 Å². The van der Waals surface area contributed by atoms with Crippen molar-refractivity contribution >= 4 is 0 Å². The van der Waals surface area contributed by atoms with E-state index in [9.17, 15) is 4.79 Å². The summed E-state index contributed by atoms with van der Waals surface area (Å²) in [5.74, 6) is 0. The van der Waals surface area contributed by atoms with Gasteiger partial charge in [0, 0.05) is 12.1 Å². The van der Waals surface area contributed by atoms with Crippen molar-refractivity contribution in [3.63, 3.8) is 0 Å². The van der Waals surface area contributed by atoms with E-state index in [1.165, 1.54) is 0 Å². The SMILES string of the molecule is CCn1c(-c2ccccc2)ccc(CC#N)c1=O. The molecule has 0 saturated heterocycles. The summed E-state index contributed by atoms with van der Waals surface area (Å²) in [4.78, 5) is 12.2. The van der Waals surface area contributed by atoms with Crippen LogP contribution >= 0.6 is 0 Å². The van der Waals surface area contributed by atoms with Crippen LogP contribution in [0.4, 0.5) is 0 Å². The maximum Gasteiger partial charge on any atom is 0.255 e. The molecule has 3 heteroatoms. The largest absolute Gasteiger partial charge is 0.308 e. The molecule has 0 unspecified atom stereocenters. The van der Waals surface area contributed by atoms with Gasteiger partial charge in [0.2, 0.25) is 0 Å². The molecule has 0 aliphatic carbocycles. The molecule has 0 spiro atoms. The molecule has 0 fully saturated rings. The summed E-state index contributed by atoms with van der Waals surface area (Å²) in [6.07, 6.45) is 0.161. The molecule has 0 N–H and O–H groups in total. The van der Waals surface area contributed by atoms with Crippen molar-refractivity contribution in [2.24, 2.45) is 0 Å². The minimum atomic E-state index is -0.0691. The van der Waals surface area contributed by atoms with E-state index in [4.69, 9.17) is 5.26 Å². The van der Waals surface area contributed by atoms with Crippen molar-refractivity contribution in [1.82, 2.24) is 4.57 Å². The van der Waals surface area contributed by atoms with Gasteiger partial charge in [0.1, 0.15) is 0 Å². The van der Waals surface area contributed by atoms with Crippen LogP contribution in [-0.4, -0.2) is 4.57 Å². The number of nitriles is 1. The van der Waals surface area contributed by atoms with Crippen molar-refractivity contribution in [1.29, 1.82) is 5.26 Å². The summed E-state index contributed by atoms with van der Waals surface area (Å²) in [7, 11) is 0. The average molecular weight is 238 g/mol. The summed E-state index contributed by atoms with van der Waals surface area (Å²) in [5.41, 5.74) is 2.39. The van der Waals surface area contributed by atoms with E-state index in [1.807, 2.05) is 49.4 Å². The van der Waals surface area contributed by atoms with E-state index in [1.54, 1.807) is 10.6 Å². The fraction of sp³-hybridized carbons (Fsp3) is 0.200. The van der Waals surface area contributed by atoms with Gasteiger partial charge in [-0.25, -0.2) is 0 Å². The van der Waals surface area contributed by atoms with Gasteiger partial charge in [0.05, 0.1) is 18.2 Å². The van der Waals surface area contributed by atoms with Crippen molar-refractivity contribution in [2.75, 3.05) is 0 Å². The maximum absolute atomic E-state index is 12.2. The number of aromatic nitrogens is 1. The lowest BCUT2D eigenvalue weighted by Crippen LogP contribution is -2.24. The Hall–Kier alpha value is -2.34. The van der Waals surface area contributed by atoms with Crippen LogP contribution < -0.4 is 5.56 Å². The topological polar surface area (TPSA) is 45.8 Å². The standard InChI is InChI=1S/C15H14N2O/c1-2-17-14(12-6-4-3-5-7-12)9-8-13(10-11-16)15(17)18/h3-9H,2,10H2,1H3. The molecule has 90 valence electrons. The molecule has 0 bridgehead atoms. The van der Waals surface area contributed by atoms with Crippen LogP contribution in [0.5, 0.6) is 0 Å². The Morgan fingerprint density at radius 1 is 1.17 bits per heavy atom. The normalized spacial score (nSPS) is 10.0. The first-order chi connectivity index (χ1) is 8.77. The Kier molecular flexibility index (Phi) is 3.59. The predicted molar refractivity (Wildman–Crippen MR) is 71.1 cm³/mol. The van der Waals surface area contributed by atoms with E-state index in [2.05, 4.69) is 0 Å². The quantitative estimate of drug-likeness (QED) is 0.825. The third-order valence-corrected chi connectivity index (χ3v) is 2.91. The zero-order chi connectivity index (χ0) is 13.0. The number of nitrogens with zero attached hydrogens (tertiary/aromatic N) is 2. The second kappa shape index (κ2) is 5.33. The third kappa shape index (κ3) is 2.18. The van der Waals surface area contributed by atoms with E-state index in [-0.39, 0.29) is 12.0 Å². The molecule has 0 radical (unpaired) electrons. The van der Waals surface area contributed by atoms with Crippen LogP contribution in [0.1, 0.15) is 12.5 Å². The van der Waals surface area contributed by atoms with Crippen LogP contribution in [0.2, 0.25) is 0 Å². The molecule has 2 aromatic rings. The van der Waals surface area contributed by atoms with Crippen LogP contribution in [0.15, 0.2) is 47.3 Å². The van der Waals surface area contributed by atoms with Crippen molar-refractivity contribution in [2.45, 2.75) is 19.9 Å². The van der Waals surface area contributed by atoms with E-state index >= 15 is 0 Å². The zero-order valence-electron chi connectivity index (χ0n) is 10.3. The minimum absolute atomic E-state index is 0.0691. The smallest absolute Gasteiger partial charge is 0.255 e. The average Bonchev–Trinajstić information content (AvgIpc) is 2.42. The van der Waals surface area contributed by atoms with Crippen LogP contribution in [0.25, 0.3) is 11.3 Å². The maximum atomic E-state index is 12.2. The van der Waals surface area contributed by atoms with Gasteiger partial charge in [-0.1, -0.05) is 36.4 Å². The summed E-state index contributed by atoms with van der Waals surface area (Å²) in [6, 6.07) is 15.5. The Bertz CT molecular complexity index is 636. The Morgan fingerprint density at radius 3 is 2.50 bits per heavy atom. The second-order valence-corrected chi connectivity index (χ2v) is 3.99. The van der Waals surface area contributed by atoms with Gasteiger partial charge < -0.3 is 4.57 Å². The fourth-order valence-electron chi connectivity index (χ4n) is 2.02. The van der Waals surface area contributed by atoms with Crippen molar-refractivity contribution in [3.05, 3.63) is 58.4 Å². The van der Waals surface area contributed by atoms with Crippen LogP contribution in [0, 0.1) is 11.3 Å². The monoisotopic (exact) mass is 238 g/mol. The minimum Gasteiger partial charge on any atom is -0.308 e. The molecule has 2 rings (SSSR count). The van der Waals surface area contributed by atoms with Crippen molar-refractivity contribution in [3.8, 4) is 17.3 Å². The zero-order valence-corrected chi connectivity index (χ0v) is 10.3. The first kappa shape index (κ1) is 12.1. The van der Waals surface area contributed by atoms with Gasteiger partial charge in [-0.05, 0) is 18.6 Å². The molecule has 18 heavy (non-hydrogen) atoms. The molecule has 0 atom stereocenters. The molecule has 0 amide bonds. The van der Waals surface area contributed by atoms with E-state index < -0.39 is 0 Å². The second-order valence-electron chi connectivity index (χ2n) is 3.99. The van der Waals surface area contributed by atoms with Gasteiger partial charge in [-0.15, -0.1) is 0 Å². The number of hydrogen-bond acceptors (Lipinski definition) is 2. The summed E-state index contributed by atoms with van der Waals surface area (Å²) in [5, 5.41) is 8.70. The Labute approximate surface area is 106 Å². The summed E-state index contributed by atoms with van der Waals surface area (Å²) in [6.45, 7) is 2.53. The molecule has 1 aromatic carbocycles. The Balaban J connectivity index is 2.61.